The van der Waals surface area contributed by atoms with Gasteiger partial charge in [-0.15, -0.1) is 0 Å². The smallest absolute Gasteiger partial charge is 0.326 e. The zero-order valence-corrected chi connectivity index (χ0v) is 36.5. The Morgan fingerprint density at radius 1 is 0.683 bits per heavy atom. The maximum Gasteiger partial charge on any atom is 0.326 e. The number of aliphatic carboxylic acids is 1. The molecular weight excluding hydrogens is 812 g/mol. The maximum atomic E-state index is 13.9. The molecule has 17 heteroatoms. The molecule has 0 saturated carbocycles. The molecule has 0 aromatic heterocycles. The first-order chi connectivity index (χ1) is 27.9. The predicted molar refractivity (Wildman–Crippen MR) is 232 cm³/mol. The summed E-state index contributed by atoms with van der Waals surface area (Å²) in [5.41, 5.74) is 9.30. The molecule has 3 rings (SSSR count). The van der Waals surface area contributed by atoms with Gasteiger partial charge in [-0.1, -0.05) is 49.4 Å². The van der Waals surface area contributed by atoms with Crippen LogP contribution in [0.15, 0.2) is 66.7 Å². The van der Waals surface area contributed by atoms with E-state index in [0.717, 1.165) is 16.7 Å². The van der Waals surface area contributed by atoms with Gasteiger partial charge in [-0.2, -0.15) is 25.3 Å². The van der Waals surface area contributed by atoms with E-state index in [-0.39, 0.29) is 12.8 Å². The minimum atomic E-state index is -1.40. The van der Waals surface area contributed by atoms with Crippen molar-refractivity contribution in [2.24, 2.45) is 11.7 Å². The molecule has 0 radical (unpaired) electrons. The van der Waals surface area contributed by atoms with Crippen LogP contribution >= 0.6 is 25.3 Å². The third-order valence-electron chi connectivity index (χ3n) is 9.77. The molecule has 0 fully saturated rings. The summed E-state index contributed by atoms with van der Waals surface area (Å²) in [6.07, 6.45) is 0.0971. The molecule has 8 N–H and O–H groups in total. The summed E-state index contributed by atoms with van der Waals surface area (Å²) in [7, 11) is 0. The quantitative estimate of drug-likeness (QED) is 0.0767. The van der Waals surface area contributed by atoms with E-state index in [4.69, 9.17) is 5.73 Å². The highest BCUT2D eigenvalue weighted by Gasteiger charge is 2.38. The minimum Gasteiger partial charge on any atom is -0.480 e. The van der Waals surface area contributed by atoms with Crippen molar-refractivity contribution in [1.29, 1.82) is 0 Å². The molecule has 0 saturated heterocycles. The Morgan fingerprint density at radius 3 is 1.70 bits per heavy atom. The van der Waals surface area contributed by atoms with Gasteiger partial charge in [0, 0.05) is 33.8 Å². The van der Waals surface area contributed by atoms with E-state index >= 15 is 0 Å². The van der Waals surface area contributed by atoms with Gasteiger partial charge >= 0.3 is 5.97 Å². The highest BCUT2D eigenvalue weighted by molar-refractivity contribution is 7.82. The van der Waals surface area contributed by atoms with Crippen LogP contribution in [0.3, 0.4) is 0 Å². The van der Waals surface area contributed by atoms with Crippen LogP contribution in [0.1, 0.15) is 72.8 Å². The Bertz CT molecular complexity index is 2030. The fraction of sp³-hybridized carbons (Fsp3) is 0.419. The summed E-state index contributed by atoms with van der Waals surface area (Å²) < 4.78 is 11.4. The Balaban J connectivity index is 1.75. The van der Waals surface area contributed by atoms with Gasteiger partial charge in [0.1, 0.15) is 30.0 Å². The van der Waals surface area contributed by atoms with Crippen molar-refractivity contribution in [1.82, 2.24) is 26.6 Å². The fourth-order valence-corrected chi connectivity index (χ4v) is 6.76. The molecule has 0 bridgehead atoms. The molecule has 5 atom stereocenters. The number of halogens is 1. The van der Waals surface area contributed by atoms with Gasteiger partial charge in [-0.05, 0) is 100 Å². The number of hydrogen-bond donors (Lipinski definition) is 9. The molecule has 14 nitrogen and oxygen atoms in total. The zero-order valence-electron chi connectivity index (χ0n) is 34.7. The third-order valence-corrected chi connectivity index (χ3v) is 10.3. The highest BCUT2D eigenvalue weighted by atomic mass is 32.1. The minimum absolute atomic E-state index is 0.0357. The van der Waals surface area contributed by atoms with Crippen molar-refractivity contribution >= 4 is 66.7 Å². The van der Waals surface area contributed by atoms with Gasteiger partial charge in [0.25, 0.3) is 0 Å². The summed E-state index contributed by atoms with van der Waals surface area (Å²) in [6.45, 7) is 11.0. The lowest BCUT2D eigenvalue weighted by molar-refractivity contribution is -0.142. The molecule has 60 heavy (non-hydrogen) atoms. The summed E-state index contributed by atoms with van der Waals surface area (Å²) in [4.78, 5) is 91.7. The van der Waals surface area contributed by atoms with Crippen molar-refractivity contribution in [3.05, 3.63) is 106 Å². The molecule has 0 heterocycles. The summed E-state index contributed by atoms with van der Waals surface area (Å²) in [5, 5.41) is 22.8. The number of nitrogens with one attached hydrogen (secondary N) is 5. The monoisotopic (exact) mass is 866 g/mol. The third kappa shape index (κ3) is 14.7. The number of carbonyl (C=O) groups is 7. The van der Waals surface area contributed by atoms with E-state index in [0.29, 0.717) is 23.1 Å². The molecule has 6 amide bonds. The van der Waals surface area contributed by atoms with Crippen LogP contribution < -0.4 is 32.3 Å². The Kier molecular flexibility index (Phi) is 17.3. The number of carbonyl (C=O) groups excluding carboxylic acids is 6. The topological polar surface area (TPSA) is 226 Å². The number of amides is 6. The summed E-state index contributed by atoms with van der Waals surface area (Å²) >= 11 is 9.05. The van der Waals surface area contributed by atoms with Crippen LogP contribution in [0.2, 0.25) is 0 Å². The average Bonchev–Trinajstić information content (AvgIpc) is 3.15. The Morgan fingerprint density at radius 2 is 1.18 bits per heavy atom. The van der Waals surface area contributed by atoms with E-state index in [2.05, 4.69) is 51.8 Å². The van der Waals surface area contributed by atoms with Gasteiger partial charge in [-0.3, -0.25) is 28.8 Å². The van der Waals surface area contributed by atoms with E-state index in [1.807, 2.05) is 13.8 Å². The fourth-order valence-electron chi connectivity index (χ4n) is 6.40. The van der Waals surface area contributed by atoms with Crippen LogP contribution in [0.4, 0.5) is 4.39 Å². The van der Waals surface area contributed by atoms with Crippen LogP contribution in [0.25, 0.3) is 0 Å². The van der Waals surface area contributed by atoms with Gasteiger partial charge in [0.2, 0.25) is 35.4 Å². The van der Waals surface area contributed by atoms with E-state index in [9.17, 15) is 43.1 Å². The van der Waals surface area contributed by atoms with Crippen molar-refractivity contribution in [3.63, 3.8) is 0 Å². The van der Waals surface area contributed by atoms with Crippen molar-refractivity contribution in [2.75, 3.05) is 6.54 Å². The van der Waals surface area contributed by atoms with Crippen LogP contribution in [0.5, 0.6) is 0 Å². The molecule has 3 aromatic rings. The average molecular weight is 867 g/mol. The van der Waals surface area contributed by atoms with Gasteiger partial charge in [-0.25, -0.2) is 9.18 Å². The number of benzene rings is 3. The summed E-state index contributed by atoms with van der Waals surface area (Å²) in [5.74, 6) is -6.71. The first kappa shape index (κ1) is 48.9. The van der Waals surface area contributed by atoms with Gasteiger partial charge < -0.3 is 37.4 Å². The SMILES string of the molecule is Cc1cc(C(N)=O)cc(C)c1C[C@H](C)C(=O)N[C@@H](C(=O)NCC(=O)N[C@@H](Cc1ccc(F)cc1)C(=O)N[C@H](C(=O)N[C@@H](Cc1ccccc1)C(=O)O)C(C)(C)S)C(C)(C)S. The maximum absolute atomic E-state index is 13.9. The number of aryl methyl sites for hydroxylation is 2. The number of thiol groups is 2. The normalized spacial score (nSPS) is 14.0. The molecule has 3 aromatic carbocycles. The standard InChI is InChI=1S/C43H55FN6O8S2/c1-23-17-28(36(45)52)18-24(2)30(23)19-25(3)37(53)49-34(42(4,5)59)39(55)46-22-33(51)47-31(20-27-13-15-29(44)16-14-27)38(54)50-35(43(6,7)60)40(56)48-32(41(57)58)21-26-11-9-8-10-12-26/h8-18,25,31-32,34-35,59-60H,19-22H2,1-7H3,(H2,45,52)(H,46,55)(H,47,51)(H,48,56)(H,49,53)(H,50,54)(H,57,58)/t25-,31-,32-,34-,35+/m0/s1. The molecule has 0 unspecified atom stereocenters. The highest BCUT2D eigenvalue weighted by Crippen LogP contribution is 2.23. The van der Waals surface area contributed by atoms with Gasteiger partial charge in [0.15, 0.2) is 0 Å². The molecule has 324 valence electrons. The number of carboxylic acid groups (broad SMARTS) is 1. The number of primary amides is 1. The van der Waals surface area contributed by atoms with Crippen LogP contribution in [-0.2, 0) is 48.0 Å². The summed E-state index contributed by atoms with van der Waals surface area (Å²) in [6, 6.07) is 11.8. The zero-order chi connectivity index (χ0) is 45.1. The van der Waals surface area contributed by atoms with Crippen molar-refractivity contribution in [2.45, 2.75) is 101 Å². The number of hydrogen-bond acceptors (Lipinski definition) is 9. The first-order valence-corrected chi connectivity index (χ1v) is 20.1. The molecule has 0 aliphatic carbocycles. The van der Waals surface area contributed by atoms with Gasteiger partial charge in [0.05, 0.1) is 6.54 Å². The van der Waals surface area contributed by atoms with Crippen molar-refractivity contribution < 1.29 is 43.1 Å². The number of nitrogens with two attached hydrogens (primary N) is 1. The number of rotatable bonds is 20. The van der Waals surface area contributed by atoms with E-state index in [1.54, 1.807) is 77.1 Å². The first-order valence-electron chi connectivity index (χ1n) is 19.2. The molecule has 0 aliphatic rings. The lowest BCUT2D eigenvalue weighted by Gasteiger charge is -2.32. The van der Waals surface area contributed by atoms with Crippen molar-refractivity contribution in [3.8, 4) is 0 Å². The van der Waals surface area contributed by atoms with E-state index < -0.39 is 93.4 Å². The molecule has 0 aliphatic heterocycles. The lowest BCUT2D eigenvalue weighted by Crippen LogP contribution is -2.62. The van der Waals surface area contributed by atoms with Crippen LogP contribution in [-0.4, -0.2) is 86.7 Å². The molecular formula is C43H55FN6O8S2. The second-order valence-corrected chi connectivity index (χ2v) is 18.3. The molecule has 0 spiro atoms. The largest absolute Gasteiger partial charge is 0.480 e. The van der Waals surface area contributed by atoms with E-state index in [1.165, 1.54) is 24.3 Å². The number of carboxylic acids is 1. The van der Waals surface area contributed by atoms with Crippen LogP contribution in [0, 0.1) is 25.6 Å². The predicted octanol–water partition coefficient (Wildman–Crippen LogP) is 2.76. The second-order valence-electron chi connectivity index (χ2n) is 16.0. The lowest BCUT2D eigenvalue weighted by atomic mass is 9.91. The Labute approximate surface area is 360 Å². The Hall–Kier alpha value is -5.42. The second kappa shape index (κ2) is 21.2.